The van der Waals surface area contributed by atoms with Gasteiger partial charge in [-0.25, -0.2) is 4.79 Å². The van der Waals surface area contributed by atoms with Crippen LogP contribution in [0.4, 0.5) is 10.7 Å². The fourth-order valence-corrected chi connectivity index (χ4v) is 7.56. The molecule has 16 nitrogen and oxygen atoms in total. The number of rotatable bonds is 11. The second-order valence-corrected chi connectivity index (χ2v) is 15.6. The molecule has 0 saturated carbocycles. The number of anilines is 1. The van der Waals surface area contributed by atoms with E-state index in [4.69, 9.17) is 33.8 Å². The number of unbranched alkanes of at least 4 members (excludes halogenated alkanes) is 1. The number of morpholine rings is 1. The van der Waals surface area contributed by atoms with Crippen LogP contribution in [0.15, 0.2) is 92.0 Å². The van der Waals surface area contributed by atoms with Crippen molar-refractivity contribution < 1.29 is 52.4 Å². The molecule has 6 atom stereocenters. The van der Waals surface area contributed by atoms with Gasteiger partial charge in [-0.1, -0.05) is 38.2 Å². The van der Waals surface area contributed by atoms with Gasteiger partial charge in [0.15, 0.2) is 17.4 Å². The van der Waals surface area contributed by atoms with E-state index in [2.05, 4.69) is 10.6 Å². The van der Waals surface area contributed by atoms with E-state index >= 15 is 0 Å². The fourth-order valence-electron chi connectivity index (χ4n) is 7.56. The van der Waals surface area contributed by atoms with Crippen molar-refractivity contribution in [3.8, 4) is 5.75 Å². The lowest BCUT2D eigenvalue weighted by molar-refractivity contribution is -0.120. The molecule has 1 saturated heterocycles. The molecule has 2 aromatic rings. The second-order valence-electron chi connectivity index (χ2n) is 15.6. The monoisotopic (exact) mass is 846 g/mol. The standard InChI is InChI=1S/C45H58N4O12/c1-26-20-32-40(47-14-7-8-17-59-30-12-13-31-34(50)25-39(60-37(31)23-30)49-15-18-58-19-16-49)35(51)24-33(42(32)53)48-44(54)27(2)10-9-11-36(56-5)43(61-45(46)55)29(4)22-28(3)41(52)38(21-26)57-6/h9-13,22-26,28,36,38,41,43,47,52H,7-8,14-21H2,1-6H3,(H2,46,55)(H,48,54)/b11-9-,27-10+,29-22+/t26-,28+,36?,38+,41-,43+/m1/s1. The number of aliphatic hydroxyl groups is 1. The average Bonchev–Trinajstić information content (AvgIpc) is 3.23. The van der Waals surface area contributed by atoms with E-state index in [0.29, 0.717) is 86.9 Å². The van der Waals surface area contributed by atoms with Crippen LogP contribution < -0.4 is 31.4 Å². The molecule has 2 aliphatic heterocycles. The molecule has 3 aliphatic rings. The van der Waals surface area contributed by atoms with Gasteiger partial charge in [0.1, 0.15) is 17.4 Å². The zero-order valence-corrected chi connectivity index (χ0v) is 35.7. The molecule has 16 heteroatoms. The van der Waals surface area contributed by atoms with Gasteiger partial charge in [0, 0.05) is 69.1 Å². The van der Waals surface area contributed by atoms with Crippen molar-refractivity contribution in [3.63, 3.8) is 0 Å². The minimum Gasteiger partial charge on any atom is -0.493 e. The number of allylic oxidation sites excluding steroid dienone is 4. The molecule has 330 valence electrons. The number of ether oxygens (including phenoxy) is 5. The van der Waals surface area contributed by atoms with Crippen molar-refractivity contribution in [2.45, 2.75) is 77.8 Å². The highest BCUT2D eigenvalue weighted by Crippen LogP contribution is 2.29. The van der Waals surface area contributed by atoms with Crippen LogP contribution in [0.3, 0.4) is 0 Å². The Morgan fingerprint density at radius 2 is 1.80 bits per heavy atom. The number of carbonyl (C=O) groups is 4. The highest BCUT2D eigenvalue weighted by Gasteiger charge is 2.33. The quantitative estimate of drug-likeness (QED) is 0.142. The maximum atomic E-state index is 14.1. The van der Waals surface area contributed by atoms with Crippen molar-refractivity contribution in [1.82, 2.24) is 10.6 Å². The molecule has 1 aromatic carbocycles. The Morgan fingerprint density at radius 3 is 2.51 bits per heavy atom. The topological polar surface area (TPSA) is 218 Å². The van der Waals surface area contributed by atoms with E-state index in [1.165, 1.54) is 26.4 Å². The number of hydrogen-bond donors (Lipinski definition) is 4. The first-order valence-corrected chi connectivity index (χ1v) is 20.6. The molecule has 1 unspecified atom stereocenters. The summed E-state index contributed by atoms with van der Waals surface area (Å²) in [5, 5.41) is 17.7. The smallest absolute Gasteiger partial charge is 0.405 e. The summed E-state index contributed by atoms with van der Waals surface area (Å²) < 4.78 is 34.3. The van der Waals surface area contributed by atoms with Crippen LogP contribution >= 0.6 is 0 Å². The zero-order valence-electron chi connectivity index (χ0n) is 35.7. The van der Waals surface area contributed by atoms with Gasteiger partial charge >= 0.3 is 6.09 Å². The Bertz CT molecular complexity index is 2150. The van der Waals surface area contributed by atoms with Crippen LogP contribution in [-0.2, 0) is 33.3 Å². The average molecular weight is 847 g/mol. The van der Waals surface area contributed by atoms with E-state index < -0.39 is 53.9 Å². The number of nitrogens with two attached hydrogens (primary N) is 1. The van der Waals surface area contributed by atoms with Crippen LogP contribution in [0.1, 0.15) is 53.4 Å². The van der Waals surface area contributed by atoms with Crippen molar-refractivity contribution >= 4 is 40.4 Å². The van der Waals surface area contributed by atoms with Gasteiger partial charge in [-0.15, -0.1) is 0 Å². The summed E-state index contributed by atoms with van der Waals surface area (Å²) in [6, 6.07) is 6.61. The zero-order chi connectivity index (χ0) is 44.2. The van der Waals surface area contributed by atoms with Crippen LogP contribution in [0.2, 0.25) is 0 Å². The number of methoxy groups -OCH3 is 2. The summed E-state index contributed by atoms with van der Waals surface area (Å²) in [7, 11) is 2.92. The third-order valence-corrected chi connectivity index (χ3v) is 10.9. The van der Waals surface area contributed by atoms with Crippen LogP contribution in [-0.4, -0.2) is 107 Å². The van der Waals surface area contributed by atoms with Crippen LogP contribution in [0, 0.1) is 11.8 Å². The number of benzene rings is 1. The summed E-state index contributed by atoms with van der Waals surface area (Å²) in [6.45, 7) is 10.0. The van der Waals surface area contributed by atoms with E-state index in [9.17, 15) is 29.1 Å². The predicted octanol–water partition coefficient (Wildman–Crippen LogP) is 4.15. The molecule has 5 rings (SSSR count). The Hall–Kier alpha value is -5.55. The molecule has 1 aromatic heterocycles. The Kier molecular flexibility index (Phi) is 16.6. The molecule has 2 amide bonds. The third kappa shape index (κ3) is 12.3. The number of amides is 2. The minimum atomic E-state index is -1.01. The third-order valence-electron chi connectivity index (χ3n) is 10.9. The molecule has 5 N–H and O–H groups in total. The second kappa shape index (κ2) is 21.8. The number of ketones is 2. The van der Waals surface area contributed by atoms with E-state index in [0.717, 1.165) is 6.08 Å². The lowest BCUT2D eigenvalue weighted by Crippen LogP contribution is -2.38. The minimum absolute atomic E-state index is 0.137. The highest BCUT2D eigenvalue weighted by molar-refractivity contribution is 6.23. The van der Waals surface area contributed by atoms with Crippen LogP contribution in [0.25, 0.3) is 11.0 Å². The van der Waals surface area contributed by atoms with Crippen molar-refractivity contribution in [3.05, 3.63) is 93.0 Å². The molecule has 2 bridgehead atoms. The van der Waals surface area contributed by atoms with E-state index in [-0.39, 0.29) is 40.3 Å². The molecule has 1 fully saturated rings. The molecule has 61 heavy (non-hydrogen) atoms. The van der Waals surface area contributed by atoms with Gasteiger partial charge in [0.25, 0.3) is 5.91 Å². The van der Waals surface area contributed by atoms with Gasteiger partial charge in [0.2, 0.25) is 11.6 Å². The number of fused-ring (bicyclic) bond motifs is 3. The van der Waals surface area contributed by atoms with Crippen LogP contribution in [0.5, 0.6) is 5.75 Å². The van der Waals surface area contributed by atoms with Gasteiger partial charge in [-0.3, -0.25) is 19.2 Å². The van der Waals surface area contributed by atoms with Crippen molar-refractivity contribution in [2.24, 2.45) is 17.6 Å². The first-order valence-electron chi connectivity index (χ1n) is 20.6. The molecule has 0 spiro atoms. The summed E-state index contributed by atoms with van der Waals surface area (Å²) in [5.41, 5.74) is 6.68. The number of nitrogens with zero attached hydrogens (tertiary/aromatic N) is 1. The number of Topliss-reactive ketones (excluding diaryl/α,β-unsaturated/α-hetero) is 1. The first-order chi connectivity index (χ1) is 29.2. The van der Waals surface area contributed by atoms with E-state index in [1.54, 1.807) is 57.2 Å². The Morgan fingerprint density at radius 1 is 1.05 bits per heavy atom. The summed E-state index contributed by atoms with van der Waals surface area (Å²) in [4.78, 5) is 67.7. The predicted molar refractivity (Wildman–Crippen MR) is 228 cm³/mol. The Labute approximate surface area is 355 Å². The number of nitrogens with one attached hydrogen (secondary N) is 2. The normalized spacial score (nSPS) is 27.0. The van der Waals surface area contributed by atoms with Crippen molar-refractivity contribution in [2.75, 3.05) is 58.6 Å². The van der Waals surface area contributed by atoms with E-state index in [1.807, 2.05) is 11.8 Å². The number of hydrogen-bond acceptors (Lipinski definition) is 14. The number of primary amides is 1. The van der Waals surface area contributed by atoms with Gasteiger partial charge in [-0.2, -0.15) is 0 Å². The molecule has 3 heterocycles. The first kappa shape index (κ1) is 46.5. The molecule has 1 aliphatic carbocycles. The highest BCUT2D eigenvalue weighted by atomic mass is 16.6. The van der Waals surface area contributed by atoms with Gasteiger partial charge in [0.05, 0.1) is 48.8 Å². The summed E-state index contributed by atoms with van der Waals surface area (Å²) in [6.07, 6.45) is 4.71. The van der Waals surface area contributed by atoms with Crippen molar-refractivity contribution in [1.29, 1.82) is 0 Å². The molecule has 0 radical (unpaired) electrons. The number of carbonyl (C=O) groups excluding carboxylic acids is 4. The van der Waals surface area contributed by atoms with Gasteiger partial charge in [-0.05, 0) is 63.2 Å². The lowest BCUT2D eigenvalue weighted by Gasteiger charge is -2.30. The Balaban J connectivity index is 1.30. The maximum absolute atomic E-state index is 14.1. The molecular weight excluding hydrogens is 789 g/mol. The maximum Gasteiger partial charge on any atom is 0.405 e. The molecular formula is C45H58N4O12. The largest absolute Gasteiger partial charge is 0.493 e. The SMILES string of the molecule is COC1/C=C\C=C(/C)C(=O)NC2=CC(=O)C(NCCCCOc3ccc4c(=O)cc(N5CCOCC5)oc4c3)=C(C[C@@H](C)C[C@H](OC)[C@H](O)[C@@H](C)/C=C(\C)[C@@H]1OC(N)=O)C2=O. The van der Waals surface area contributed by atoms with Gasteiger partial charge < -0.3 is 54.5 Å². The fraction of sp³-hybridized carbons (Fsp3) is 0.489. The summed E-state index contributed by atoms with van der Waals surface area (Å²) in [5.74, 6) is -1.27. The lowest BCUT2D eigenvalue weighted by atomic mass is 9.85. The summed E-state index contributed by atoms with van der Waals surface area (Å²) >= 11 is 0. The number of aliphatic hydroxyl groups excluding tert-OH is 1.